The van der Waals surface area contributed by atoms with Crippen LogP contribution in [0.5, 0.6) is 0 Å². The third-order valence-corrected chi connectivity index (χ3v) is 1.55. The van der Waals surface area contributed by atoms with E-state index in [0.29, 0.717) is 6.61 Å². The van der Waals surface area contributed by atoms with E-state index >= 15 is 0 Å². The Morgan fingerprint density at radius 2 is 2.45 bits per heavy atom. The topological polar surface area (TPSA) is 55.8 Å². The van der Waals surface area contributed by atoms with Crippen LogP contribution in [0.3, 0.4) is 0 Å². The zero-order chi connectivity index (χ0) is 8.48. The van der Waals surface area contributed by atoms with Crippen LogP contribution in [-0.4, -0.2) is 29.6 Å². The van der Waals surface area contributed by atoms with Gasteiger partial charge in [-0.15, -0.1) is 0 Å². The number of carbonyl (C=O) groups is 1. The highest BCUT2D eigenvalue weighted by Gasteiger charge is 2.37. The molecule has 1 aliphatic heterocycles. The molecule has 1 rings (SSSR count). The maximum Gasteiger partial charge on any atom is 0.308 e. The molecule has 4 nitrogen and oxygen atoms in total. The molecular weight excluding hydrogens is 148 g/mol. The zero-order valence-corrected chi connectivity index (χ0v) is 6.66. The van der Waals surface area contributed by atoms with E-state index in [0.717, 1.165) is 0 Å². The van der Waals surface area contributed by atoms with E-state index in [1.54, 1.807) is 6.92 Å². The molecule has 0 aromatic carbocycles. The van der Waals surface area contributed by atoms with Crippen molar-refractivity contribution in [2.45, 2.75) is 32.2 Å². The van der Waals surface area contributed by atoms with Gasteiger partial charge < -0.3 is 14.6 Å². The second kappa shape index (κ2) is 2.79. The van der Waals surface area contributed by atoms with Gasteiger partial charge in [0, 0.05) is 0 Å². The normalized spacial score (nSPS) is 37.5. The van der Waals surface area contributed by atoms with Gasteiger partial charge in [-0.1, -0.05) is 0 Å². The molecule has 64 valence electrons. The van der Waals surface area contributed by atoms with Crippen molar-refractivity contribution in [3.63, 3.8) is 0 Å². The van der Waals surface area contributed by atoms with Crippen molar-refractivity contribution in [3.05, 3.63) is 0 Å². The summed E-state index contributed by atoms with van der Waals surface area (Å²) < 4.78 is 10.4. The molecular formula is C7H12O4. The Labute approximate surface area is 65.1 Å². The molecule has 1 fully saturated rings. The van der Waals surface area contributed by atoms with Crippen LogP contribution in [0, 0.1) is 0 Å². The van der Waals surface area contributed by atoms with Crippen molar-refractivity contribution in [1.82, 2.24) is 0 Å². The summed E-state index contributed by atoms with van der Waals surface area (Å²) in [5.41, 5.74) is 0. The Balaban J connectivity index is 2.48. The molecule has 0 aliphatic carbocycles. The van der Waals surface area contributed by atoms with Crippen molar-refractivity contribution in [2.75, 3.05) is 6.61 Å². The van der Waals surface area contributed by atoms with Gasteiger partial charge in [0.2, 0.25) is 0 Å². The zero-order valence-electron chi connectivity index (χ0n) is 6.66. The van der Waals surface area contributed by atoms with Gasteiger partial charge in [-0.05, 0) is 13.8 Å². The van der Waals surface area contributed by atoms with E-state index in [4.69, 9.17) is 14.6 Å². The largest absolute Gasteiger partial charge is 0.481 e. The van der Waals surface area contributed by atoms with Crippen molar-refractivity contribution in [1.29, 1.82) is 0 Å². The molecule has 1 N–H and O–H groups in total. The average molecular weight is 160 g/mol. The fraction of sp³-hybridized carbons (Fsp3) is 0.857. The summed E-state index contributed by atoms with van der Waals surface area (Å²) in [5, 5.41) is 8.47. The molecule has 0 amide bonds. The van der Waals surface area contributed by atoms with Crippen molar-refractivity contribution >= 4 is 5.97 Å². The van der Waals surface area contributed by atoms with Gasteiger partial charge in [0.05, 0.1) is 19.1 Å². The molecule has 0 bridgehead atoms. The van der Waals surface area contributed by atoms with E-state index in [1.807, 2.05) is 6.92 Å². The molecule has 1 heterocycles. The van der Waals surface area contributed by atoms with Crippen LogP contribution in [0.15, 0.2) is 0 Å². The maximum absolute atomic E-state index is 10.3. The summed E-state index contributed by atoms with van der Waals surface area (Å²) in [6.45, 7) is 3.97. The highest BCUT2D eigenvalue weighted by Crippen LogP contribution is 2.25. The van der Waals surface area contributed by atoms with E-state index < -0.39 is 11.8 Å². The smallest absolute Gasteiger partial charge is 0.308 e. The second-order valence-electron chi connectivity index (χ2n) is 2.94. The fourth-order valence-corrected chi connectivity index (χ4v) is 1.15. The minimum Gasteiger partial charge on any atom is -0.481 e. The lowest BCUT2D eigenvalue weighted by molar-refractivity contribution is -0.175. The van der Waals surface area contributed by atoms with Gasteiger partial charge in [0.1, 0.15) is 0 Å². The van der Waals surface area contributed by atoms with Gasteiger partial charge >= 0.3 is 5.97 Å². The molecule has 1 saturated heterocycles. The molecule has 11 heavy (non-hydrogen) atoms. The standard InChI is InChI=1S/C7H12O4/c1-5-4-10-7(2,11-5)3-6(8)9/h5H,3-4H2,1-2H3,(H,8,9). The van der Waals surface area contributed by atoms with Gasteiger partial charge in [-0.25, -0.2) is 0 Å². The number of hydrogen-bond acceptors (Lipinski definition) is 3. The second-order valence-corrected chi connectivity index (χ2v) is 2.94. The Hall–Kier alpha value is -0.610. The van der Waals surface area contributed by atoms with Crippen LogP contribution in [0.2, 0.25) is 0 Å². The Morgan fingerprint density at radius 3 is 2.82 bits per heavy atom. The minimum atomic E-state index is -0.911. The van der Waals surface area contributed by atoms with Gasteiger partial charge in [-0.3, -0.25) is 4.79 Å². The predicted octanol–water partition coefficient (Wildman–Crippen LogP) is 0.613. The minimum absolute atomic E-state index is 0.000602. The molecule has 2 unspecified atom stereocenters. The maximum atomic E-state index is 10.3. The molecule has 0 radical (unpaired) electrons. The van der Waals surface area contributed by atoms with E-state index in [9.17, 15) is 4.79 Å². The summed E-state index contributed by atoms with van der Waals surface area (Å²) in [7, 11) is 0. The van der Waals surface area contributed by atoms with Crippen LogP contribution in [0.1, 0.15) is 20.3 Å². The first-order chi connectivity index (χ1) is 5.02. The summed E-state index contributed by atoms with van der Waals surface area (Å²) >= 11 is 0. The molecule has 0 aromatic rings. The third kappa shape index (κ3) is 2.17. The summed E-state index contributed by atoms with van der Waals surface area (Å²) in [4.78, 5) is 10.3. The highest BCUT2D eigenvalue weighted by molar-refractivity contribution is 5.67. The Kier molecular flexibility index (Phi) is 2.15. The van der Waals surface area contributed by atoms with E-state index in [-0.39, 0.29) is 12.5 Å². The van der Waals surface area contributed by atoms with Crippen molar-refractivity contribution in [3.8, 4) is 0 Å². The van der Waals surface area contributed by atoms with Gasteiger partial charge in [-0.2, -0.15) is 0 Å². The van der Waals surface area contributed by atoms with Gasteiger partial charge in [0.25, 0.3) is 0 Å². The van der Waals surface area contributed by atoms with Crippen LogP contribution in [-0.2, 0) is 14.3 Å². The van der Waals surface area contributed by atoms with Crippen molar-refractivity contribution < 1.29 is 19.4 Å². The highest BCUT2D eigenvalue weighted by atomic mass is 16.7. The third-order valence-electron chi connectivity index (χ3n) is 1.55. The fourth-order valence-electron chi connectivity index (χ4n) is 1.15. The lowest BCUT2D eigenvalue weighted by atomic mass is 10.2. The van der Waals surface area contributed by atoms with Crippen LogP contribution in [0.25, 0.3) is 0 Å². The number of carboxylic acid groups (broad SMARTS) is 1. The molecule has 4 heteroatoms. The quantitative estimate of drug-likeness (QED) is 0.643. The lowest BCUT2D eigenvalue weighted by Gasteiger charge is -2.19. The molecule has 2 atom stereocenters. The lowest BCUT2D eigenvalue weighted by Crippen LogP contribution is -2.29. The first-order valence-electron chi connectivity index (χ1n) is 3.55. The van der Waals surface area contributed by atoms with Gasteiger partial charge in [0.15, 0.2) is 5.79 Å². The number of carboxylic acids is 1. The van der Waals surface area contributed by atoms with Crippen LogP contribution >= 0.6 is 0 Å². The number of aliphatic carboxylic acids is 1. The average Bonchev–Trinajstić information content (AvgIpc) is 2.08. The first-order valence-corrected chi connectivity index (χ1v) is 3.55. The molecule has 0 aromatic heterocycles. The summed E-state index contributed by atoms with van der Waals surface area (Å²) in [6, 6.07) is 0. The number of hydrogen-bond donors (Lipinski definition) is 1. The molecule has 0 spiro atoms. The van der Waals surface area contributed by atoms with Crippen LogP contribution < -0.4 is 0 Å². The molecule has 0 saturated carbocycles. The number of ether oxygens (including phenoxy) is 2. The SMILES string of the molecule is CC1COC(C)(CC(=O)O)O1. The van der Waals surface area contributed by atoms with E-state index in [2.05, 4.69) is 0 Å². The monoisotopic (exact) mass is 160 g/mol. The van der Waals surface area contributed by atoms with Crippen molar-refractivity contribution in [2.24, 2.45) is 0 Å². The Morgan fingerprint density at radius 1 is 1.82 bits per heavy atom. The number of rotatable bonds is 2. The molecule has 1 aliphatic rings. The predicted molar refractivity (Wildman–Crippen MR) is 37.2 cm³/mol. The Bertz CT molecular complexity index is 168. The summed E-state index contributed by atoms with van der Waals surface area (Å²) in [5.74, 6) is -1.81. The van der Waals surface area contributed by atoms with Crippen LogP contribution in [0.4, 0.5) is 0 Å². The first kappa shape index (κ1) is 8.49. The summed E-state index contributed by atoms with van der Waals surface area (Å²) in [6.07, 6.45) is -0.100. The van der Waals surface area contributed by atoms with E-state index in [1.165, 1.54) is 0 Å².